The minimum atomic E-state index is -0.0396. The highest BCUT2D eigenvalue weighted by Gasteiger charge is 2.16. The zero-order valence-corrected chi connectivity index (χ0v) is 15.4. The van der Waals surface area contributed by atoms with Crippen molar-refractivity contribution in [2.24, 2.45) is 0 Å². The van der Waals surface area contributed by atoms with Crippen LogP contribution in [0.1, 0.15) is 42.7 Å². The number of aromatic nitrogens is 3. The van der Waals surface area contributed by atoms with Crippen molar-refractivity contribution in [1.82, 2.24) is 20.1 Å². The Bertz CT molecular complexity index is 639. The zero-order chi connectivity index (χ0) is 18.1. The van der Waals surface area contributed by atoms with Crippen LogP contribution < -0.4 is 4.90 Å². The first kappa shape index (κ1) is 18.8. The molecule has 0 aliphatic heterocycles. The molecule has 134 valence electrons. The van der Waals surface area contributed by atoms with Crippen LogP contribution in [0.25, 0.3) is 0 Å². The van der Waals surface area contributed by atoms with E-state index in [0.29, 0.717) is 5.69 Å². The Kier molecular flexibility index (Phi) is 7.32. The summed E-state index contributed by atoms with van der Waals surface area (Å²) >= 11 is 0. The minimum Gasteiger partial charge on any atom is -0.358 e. The summed E-state index contributed by atoms with van der Waals surface area (Å²) < 4.78 is 0. The molecule has 0 atom stereocenters. The summed E-state index contributed by atoms with van der Waals surface area (Å²) in [4.78, 5) is 20.4. The van der Waals surface area contributed by atoms with Crippen LogP contribution in [0.2, 0.25) is 0 Å². The lowest BCUT2D eigenvalue weighted by Crippen LogP contribution is -2.33. The number of amides is 1. The van der Waals surface area contributed by atoms with E-state index in [2.05, 4.69) is 29.0 Å². The number of rotatable bonds is 9. The molecule has 0 aliphatic rings. The van der Waals surface area contributed by atoms with Crippen LogP contribution in [-0.4, -0.2) is 52.7 Å². The quantitative estimate of drug-likeness (QED) is 0.702. The van der Waals surface area contributed by atoms with E-state index in [9.17, 15) is 4.79 Å². The molecule has 0 saturated heterocycles. The van der Waals surface area contributed by atoms with Gasteiger partial charge in [-0.05, 0) is 49.1 Å². The number of hydrogen-bond acceptors (Lipinski definition) is 5. The van der Waals surface area contributed by atoms with E-state index in [1.807, 2.05) is 35.0 Å². The van der Waals surface area contributed by atoms with Crippen molar-refractivity contribution in [2.45, 2.75) is 33.1 Å². The van der Waals surface area contributed by atoms with Gasteiger partial charge in [-0.2, -0.15) is 0 Å². The topological polar surface area (TPSA) is 62.2 Å². The third-order valence-electron chi connectivity index (χ3n) is 4.02. The molecule has 25 heavy (non-hydrogen) atoms. The molecule has 0 bridgehead atoms. The van der Waals surface area contributed by atoms with Gasteiger partial charge in [0, 0.05) is 39.1 Å². The molecule has 6 nitrogen and oxygen atoms in total. The van der Waals surface area contributed by atoms with Crippen LogP contribution in [0, 0.1) is 0 Å². The standard InChI is InChI=1S/C19H27N5O/c1-4-13-24(14-5-2)19(25)17-6-7-18(22-21-17)23(3)15-10-16-8-11-20-12-9-16/h6-9,11-12H,4-5,10,13-15H2,1-3H3. The maximum absolute atomic E-state index is 12.5. The first-order chi connectivity index (χ1) is 12.2. The van der Waals surface area contributed by atoms with Gasteiger partial charge in [-0.15, -0.1) is 10.2 Å². The van der Waals surface area contributed by atoms with E-state index in [4.69, 9.17) is 0 Å². The van der Waals surface area contributed by atoms with E-state index >= 15 is 0 Å². The first-order valence-corrected chi connectivity index (χ1v) is 8.88. The summed E-state index contributed by atoms with van der Waals surface area (Å²) in [5, 5.41) is 8.38. The fraction of sp³-hybridized carbons (Fsp3) is 0.474. The Hall–Kier alpha value is -2.50. The third kappa shape index (κ3) is 5.52. The maximum Gasteiger partial charge on any atom is 0.274 e. The summed E-state index contributed by atoms with van der Waals surface area (Å²) in [6, 6.07) is 7.66. The Morgan fingerprint density at radius 2 is 1.64 bits per heavy atom. The normalized spacial score (nSPS) is 10.5. The van der Waals surface area contributed by atoms with Crippen LogP contribution in [0.4, 0.5) is 5.82 Å². The van der Waals surface area contributed by atoms with Crippen LogP contribution >= 0.6 is 0 Å². The average molecular weight is 341 g/mol. The Morgan fingerprint density at radius 3 is 2.20 bits per heavy atom. The van der Waals surface area contributed by atoms with Crippen molar-refractivity contribution in [3.8, 4) is 0 Å². The summed E-state index contributed by atoms with van der Waals surface area (Å²) in [5.41, 5.74) is 1.64. The third-order valence-corrected chi connectivity index (χ3v) is 4.02. The Morgan fingerprint density at radius 1 is 0.960 bits per heavy atom. The zero-order valence-electron chi connectivity index (χ0n) is 15.4. The summed E-state index contributed by atoms with van der Waals surface area (Å²) in [6.07, 6.45) is 6.38. The fourth-order valence-corrected chi connectivity index (χ4v) is 2.62. The monoisotopic (exact) mass is 341 g/mol. The summed E-state index contributed by atoms with van der Waals surface area (Å²) in [6.45, 7) is 6.47. The fourth-order valence-electron chi connectivity index (χ4n) is 2.62. The van der Waals surface area contributed by atoms with Crippen LogP contribution in [0.15, 0.2) is 36.7 Å². The van der Waals surface area contributed by atoms with Crippen molar-refractivity contribution in [3.63, 3.8) is 0 Å². The number of pyridine rings is 1. The molecule has 2 aromatic heterocycles. The second kappa shape index (κ2) is 9.71. The molecule has 2 heterocycles. The van der Waals surface area contributed by atoms with E-state index in [-0.39, 0.29) is 5.91 Å². The van der Waals surface area contributed by atoms with E-state index < -0.39 is 0 Å². The molecular weight excluding hydrogens is 314 g/mol. The molecule has 0 aliphatic carbocycles. The molecule has 0 fully saturated rings. The summed E-state index contributed by atoms with van der Waals surface area (Å²) in [7, 11) is 1.98. The highest BCUT2D eigenvalue weighted by Crippen LogP contribution is 2.11. The second-order valence-corrected chi connectivity index (χ2v) is 6.10. The highest BCUT2D eigenvalue weighted by atomic mass is 16.2. The Labute approximate surface area is 149 Å². The van der Waals surface area contributed by atoms with Gasteiger partial charge < -0.3 is 9.80 Å². The van der Waals surface area contributed by atoms with Gasteiger partial charge >= 0.3 is 0 Å². The number of carbonyl (C=O) groups is 1. The van der Waals surface area contributed by atoms with Crippen molar-refractivity contribution in [2.75, 3.05) is 31.6 Å². The molecule has 0 N–H and O–H groups in total. The first-order valence-electron chi connectivity index (χ1n) is 8.88. The van der Waals surface area contributed by atoms with Crippen LogP contribution in [-0.2, 0) is 6.42 Å². The maximum atomic E-state index is 12.5. The van der Waals surface area contributed by atoms with Crippen molar-refractivity contribution >= 4 is 11.7 Å². The van der Waals surface area contributed by atoms with E-state index in [1.54, 1.807) is 18.5 Å². The molecule has 0 radical (unpaired) electrons. The van der Waals surface area contributed by atoms with Crippen molar-refractivity contribution in [1.29, 1.82) is 0 Å². The highest BCUT2D eigenvalue weighted by molar-refractivity contribution is 5.92. The molecule has 1 amide bonds. The van der Waals surface area contributed by atoms with Gasteiger partial charge in [0.1, 0.15) is 0 Å². The average Bonchev–Trinajstić information content (AvgIpc) is 2.66. The van der Waals surface area contributed by atoms with Gasteiger partial charge in [0.2, 0.25) is 0 Å². The van der Waals surface area contributed by atoms with Gasteiger partial charge in [-0.3, -0.25) is 9.78 Å². The van der Waals surface area contributed by atoms with E-state index in [1.165, 1.54) is 5.56 Å². The number of likely N-dealkylation sites (N-methyl/N-ethyl adjacent to an activating group) is 1. The molecule has 6 heteroatoms. The lowest BCUT2D eigenvalue weighted by atomic mass is 10.2. The van der Waals surface area contributed by atoms with Gasteiger partial charge in [-0.1, -0.05) is 13.8 Å². The Balaban J connectivity index is 1.97. The molecule has 0 saturated carbocycles. The van der Waals surface area contributed by atoms with Crippen LogP contribution in [0.3, 0.4) is 0 Å². The molecule has 2 rings (SSSR count). The number of carbonyl (C=O) groups excluding carboxylic acids is 1. The molecule has 0 spiro atoms. The lowest BCUT2D eigenvalue weighted by Gasteiger charge is -2.21. The molecular formula is C19H27N5O. The van der Waals surface area contributed by atoms with Gasteiger partial charge in [-0.25, -0.2) is 0 Å². The largest absolute Gasteiger partial charge is 0.358 e. The van der Waals surface area contributed by atoms with Gasteiger partial charge in [0.25, 0.3) is 5.91 Å². The number of nitrogens with zero attached hydrogens (tertiary/aromatic N) is 5. The summed E-state index contributed by atoms with van der Waals surface area (Å²) in [5.74, 6) is 0.727. The smallest absolute Gasteiger partial charge is 0.274 e. The lowest BCUT2D eigenvalue weighted by molar-refractivity contribution is 0.0748. The van der Waals surface area contributed by atoms with Crippen LogP contribution in [0.5, 0.6) is 0 Å². The SMILES string of the molecule is CCCN(CCC)C(=O)c1ccc(N(C)CCc2ccncc2)nn1. The predicted octanol–water partition coefficient (Wildman–Crippen LogP) is 2.81. The molecule has 0 unspecified atom stereocenters. The van der Waals surface area contributed by atoms with Crippen molar-refractivity contribution in [3.05, 3.63) is 47.9 Å². The number of anilines is 1. The van der Waals surface area contributed by atoms with Gasteiger partial charge in [0.15, 0.2) is 11.5 Å². The molecule has 0 aromatic carbocycles. The predicted molar refractivity (Wildman–Crippen MR) is 99.7 cm³/mol. The second-order valence-electron chi connectivity index (χ2n) is 6.10. The van der Waals surface area contributed by atoms with E-state index in [0.717, 1.165) is 44.7 Å². The van der Waals surface area contributed by atoms with Crippen molar-refractivity contribution < 1.29 is 4.79 Å². The minimum absolute atomic E-state index is 0.0396. The van der Waals surface area contributed by atoms with Gasteiger partial charge in [0.05, 0.1) is 0 Å². The number of hydrogen-bond donors (Lipinski definition) is 0. The molecule has 2 aromatic rings.